The Morgan fingerprint density at radius 3 is 2.62 bits per heavy atom. The van der Waals surface area contributed by atoms with Crippen molar-refractivity contribution in [2.75, 3.05) is 23.8 Å². The number of aromatic nitrogens is 1. The molecule has 9 nitrogen and oxygen atoms in total. The van der Waals surface area contributed by atoms with E-state index in [2.05, 4.69) is 25.8 Å². The predicted molar refractivity (Wildman–Crippen MR) is 122 cm³/mol. The average molecular weight is 462 g/mol. The summed E-state index contributed by atoms with van der Waals surface area (Å²) in [6, 6.07) is 3.66. The minimum absolute atomic E-state index is 0.0128. The van der Waals surface area contributed by atoms with Crippen LogP contribution in [0.25, 0.3) is 11.1 Å². The summed E-state index contributed by atoms with van der Waals surface area (Å²) in [4.78, 5) is 0.241. The van der Waals surface area contributed by atoms with Crippen molar-refractivity contribution in [2.45, 2.75) is 75.7 Å². The zero-order chi connectivity index (χ0) is 22.3. The highest BCUT2D eigenvalue weighted by atomic mass is 32.2. The molecule has 1 saturated heterocycles. The second-order valence-electron chi connectivity index (χ2n) is 8.96. The van der Waals surface area contributed by atoms with E-state index in [0.717, 1.165) is 67.6 Å². The minimum Gasteiger partial charge on any atom is -0.377 e. The Morgan fingerprint density at radius 2 is 1.94 bits per heavy atom. The molecule has 1 saturated carbocycles. The Bertz CT molecular complexity index is 1070. The number of hydrogen-bond donors (Lipinski definition) is 4. The summed E-state index contributed by atoms with van der Waals surface area (Å²) in [6.45, 7) is 5.19. The Labute approximate surface area is 188 Å². The topological polar surface area (TPSA) is 118 Å². The predicted octanol–water partition coefficient (Wildman–Crippen LogP) is 3.07. The van der Waals surface area contributed by atoms with E-state index in [0.29, 0.717) is 18.0 Å². The zero-order valence-electron chi connectivity index (χ0n) is 18.5. The third-order valence-electron chi connectivity index (χ3n) is 6.55. The molecule has 5 rings (SSSR count). The summed E-state index contributed by atoms with van der Waals surface area (Å²) >= 11 is 0. The quantitative estimate of drug-likeness (QED) is 0.497. The van der Waals surface area contributed by atoms with Crippen molar-refractivity contribution >= 4 is 21.4 Å². The van der Waals surface area contributed by atoms with E-state index in [1.807, 2.05) is 19.9 Å². The van der Waals surface area contributed by atoms with Gasteiger partial charge in [-0.2, -0.15) is 0 Å². The standard InChI is InChI=1S/C22H31N5O4S/c1-13-20(14(2)31-26-13)15-10-18-21(25-22(24-18)23-12-17-8-5-9-30-17)19(11-15)32(28,29)27-16-6-3-4-7-16/h10-11,16-17,22-25,27H,3-9,12H2,1-2H3. The van der Waals surface area contributed by atoms with Gasteiger partial charge in [-0.25, -0.2) is 13.1 Å². The van der Waals surface area contributed by atoms with Crippen molar-refractivity contribution in [3.8, 4) is 11.1 Å². The Morgan fingerprint density at radius 1 is 1.12 bits per heavy atom. The first-order chi connectivity index (χ1) is 15.4. The van der Waals surface area contributed by atoms with E-state index in [9.17, 15) is 8.42 Å². The van der Waals surface area contributed by atoms with Gasteiger partial charge < -0.3 is 19.9 Å². The molecule has 1 aromatic heterocycles. The largest absolute Gasteiger partial charge is 0.377 e. The first-order valence-corrected chi connectivity index (χ1v) is 12.9. The molecule has 32 heavy (non-hydrogen) atoms. The summed E-state index contributed by atoms with van der Waals surface area (Å²) in [7, 11) is -3.72. The molecule has 2 aliphatic heterocycles. The van der Waals surface area contributed by atoms with Crippen LogP contribution >= 0.6 is 0 Å². The molecule has 2 atom stereocenters. The van der Waals surface area contributed by atoms with Gasteiger partial charge in [-0.15, -0.1) is 0 Å². The van der Waals surface area contributed by atoms with Gasteiger partial charge in [0.15, 0.2) is 6.29 Å². The van der Waals surface area contributed by atoms with Crippen LogP contribution in [0.1, 0.15) is 50.0 Å². The maximum atomic E-state index is 13.5. The highest BCUT2D eigenvalue weighted by molar-refractivity contribution is 7.89. The molecule has 1 aromatic carbocycles. The number of ether oxygens (including phenoxy) is 1. The van der Waals surface area contributed by atoms with Crippen LogP contribution in [0.2, 0.25) is 0 Å². The molecular weight excluding hydrogens is 430 g/mol. The molecule has 1 aliphatic carbocycles. The molecule has 2 aromatic rings. The van der Waals surface area contributed by atoms with Gasteiger partial charge in [-0.1, -0.05) is 18.0 Å². The van der Waals surface area contributed by atoms with E-state index in [4.69, 9.17) is 9.26 Å². The van der Waals surface area contributed by atoms with Crippen LogP contribution in [0.3, 0.4) is 0 Å². The number of hydrogen-bond acceptors (Lipinski definition) is 8. The maximum absolute atomic E-state index is 13.5. The first-order valence-electron chi connectivity index (χ1n) is 11.4. The Balaban J connectivity index is 1.47. The lowest BCUT2D eigenvalue weighted by molar-refractivity contribution is 0.109. The van der Waals surface area contributed by atoms with Crippen LogP contribution < -0.4 is 20.7 Å². The molecule has 2 fully saturated rings. The molecule has 3 aliphatic rings. The molecule has 4 N–H and O–H groups in total. The molecule has 3 heterocycles. The van der Waals surface area contributed by atoms with Crippen molar-refractivity contribution in [1.82, 2.24) is 15.2 Å². The third kappa shape index (κ3) is 4.24. The van der Waals surface area contributed by atoms with Gasteiger partial charge in [-0.3, -0.25) is 5.32 Å². The lowest BCUT2D eigenvalue weighted by Crippen LogP contribution is -2.42. The number of nitrogens with zero attached hydrogens (tertiary/aromatic N) is 1. The smallest absolute Gasteiger partial charge is 0.242 e. The van der Waals surface area contributed by atoms with E-state index in [1.54, 1.807) is 6.07 Å². The normalized spacial score (nSPS) is 23.3. The number of nitrogens with one attached hydrogen (secondary N) is 4. The average Bonchev–Trinajstić information content (AvgIpc) is 3.54. The number of aryl methyl sites for hydroxylation is 2. The number of anilines is 2. The van der Waals surface area contributed by atoms with Gasteiger partial charge in [0.1, 0.15) is 10.7 Å². The lowest BCUT2D eigenvalue weighted by Gasteiger charge is -2.18. The van der Waals surface area contributed by atoms with Crippen molar-refractivity contribution in [1.29, 1.82) is 0 Å². The number of rotatable bonds is 7. The molecule has 10 heteroatoms. The van der Waals surface area contributed by atoms with Gasteiger partial charge in [0.05, 0.1) is 23.2 Å². The van der Waals surface area contributed by atoms with Crippen molar-refractivity contribution in [3.63, 3.8) is 0 Å². The molecule has 0 amide bonds. The van der Waals surface area contributed by atoms with Gasteiger partial charge in [0.2, 0.25) is 10.0 Å². The number of benzene rings is 1. The second-order valence-corrected chi connectivity index (χ2v) is 10.6. The lowest BCUT2D eigenvalue weighted by atomic mass is 10.0. The number of sulfonamides is 1. The highest BCUT2D eigenvalue weighted by Crippen LogP contribution is 2.41. The minimum atomic E-state index is -3.72. The molecular formula is C22H31N5O4S. The summed E-state index contributed by atoms with van der Waals surface area (Å²) < 4.78 is 40.9. The second kappa shape index (κ2) is 8.66. The van der Waals surface area contributed by atoms with Crippen molar-refractivity contribution in [2.24, 2.45) is 0 Å². The van der Waals surface area contributed by atoms with Gasteiger partial charge in [0, 0.05) is 24.8 Å². The molecule has 0 bridgehead atoms. The van der Waals surface area contributed by atoms with Crippen molar-refractivity contribution < 1.29 is 17.7 Å². The summed E-state index contributed by atoms with van der Waals surface area (Å²) in [5.74, 6) is 0.661. The summed E-state index contributed by atoms with van der Waals surface area (Å²) in [5.41, 5.74) is 3.63. The zero-order valence-corrected chi connectivity index (χ0v) is 19.3. The van der Waals surface area contributed by atoms with Gasteiger partial charge in [0.25, 0.3) is 0 Å². The first kappa shape index (κ1) is 21.7. The van der Waals surface area contributed by atoms with E-state index in [-0.39, 0.29) is 23.3 Å². The Hall–Kier alpha value is -2.14. The maximum Gasteiger partial charge on any atom is 0.242 e. The van der Waals surface area contributed by atoms with Gasteiger partial charge >= 0.3 is 0 Å². The summed E-state index contributed by atoms with van der Waals surface area (Å²) in [6.07, 6.45) is 5.88. The van der Waals surface area contributed by atoms with Crippen molar-refractivity contribution in [3.05, 3.63) is 23.6 Å². The molecule has 0 radical (unpaired) electrons. The fraction of sp³-hybridized carbons (Fsp3) is 0.591. The van der Waals surface area contributed by atoms with E-state index >= 15 is 0 Å². The van der Waals surface area contributed by atoms with E-state index in [1.165, 1.54) is 0 Å². The summed E-state index contributed by atoms with van der Waals surface area (Å²) in [5, 5.41) is 14.2. The van der Waals surface area contributed by atoms with Crippen LogP contribution in [0.15, 0.2) is 21.6 Å². The Kier molecular flexibility index (Phi) is 5.87. The molecule has 174 valence electrons. The van der Waals surface area contributed by atoms with Crippen LogP contribution in [-0.2, 0) is 14.8 Å². The number of fused-ring (bicyclic) bond motifs is 1. The van der Waals surface area contributed by atoms with Crippen LogP contribution in [0.4, 0.5) is 11.4 Å². The highest BCUT2D eigenvalue weighted by Gasteiger charge is 2.32. The molecule has 0 spiro atoms. The fourth-order valence-corrected chi connectivity index (χ4v) is 6.47. The molecule has 2 unspecified atom stereocenters. The SMILES string of the molecule is Cc1noc(C)c1-c1cc2c(c(S(=O)(=O)NC3CCCC3)c1)NC(NCC1CCCO1)N2. The van der Waals surface area contributed by atoms with Crippen LogP contribution in [0, 0.1) is 13.8 Å². The monoisotopic (exact) mass is 461 g/mol. The van der Waals surface area contributed by atoms with Crippen LogP contribution in [0.5, 0.6) is 0 Å². The van der Waals surface area contributed by atoms with Crippen LogP contribution in [-0.4, -0.2) is 45.2 Å². The fourth-order valence-electron chi connectivity index (χ4n) is 4.95. The third-order valence-corrected chi connectivity index (χ3v) is 8.10. The van der Waals surface area contributed by atoms with E-state index < -0.39 is 10.0 Å². The van der Waals surface area contributed by atoms with Gasteiger partial charge in [-0.05, 0) is 57.2 Å².